The highest BCUT2D eigenvalue weighted by Gasteiger charge is 2.19. The summed E-state index contributed by atoms with van der Waals surface area (Å²) in [5.41, 5.74) is 2.35. The quantitative estimate of drug-likeness (QED) is 0.779. The van der Waals surface area contributed by atoms with Crippen molar-refractivity contribution >= 4 is 5.97 Å². The molecule has 0 spiro atoms. The van der Waals surface area contributed by atoms with Gasteiger partial charge in [0, 0.05) is 0 Å². The molecule has 0 unspecified atom stereocenters. The fourth-order valence-electron chi connectivity index (χ4n) is 2.02. The van der Waals surface area contributed by atoms with Crippen molar-refractivity contribution in [1.29, 1.82) is 0 Å². The second-order valence-electron chi connectivity index (χ2n) is 5.82. The molecule has 0 N–H and O–H groups in total. The lowest BCUT2D eigenvalue weighted by atomic mass is 10.00. The Bertz CT molecular complexity index is 580. The van der Waals surface area contributed by atoms with E-state index in [1.807, 2.05) is 63.2 Å². The third kappa shape index (κ3) is 3.95. The Balaban J connectivity index is 2.25. The molecule has 2 aromatic carbocycles. The van der Waals surface area contributed by atoms with Crippen LogP contribution in [0.25, 0.3) is 0 Å². The summed E-state index contributed by atoms with van der Waals surface area (Å²) in [5, 5.41) is 0. The van der Waals surface area contributed by atoms with E-state index in [4.69, 9.17) is 4.74 Å². The van der Waals surface area contributed by atoms with E-state index in [1.165, 1.54) is 5.56 Å². The maximum atomic E-state index is 12.2. The Labute approximate surface area is 120 Å². The van der Waals surface area contributed by atoms with Crippen LogP contribution in [0.15, 0.2) is 54.6 Å². The van der Waals surface area contributed by atoms with Crippen LogP contribution in [-0.4, -0.2) is 11.6 Å². The molecule has 0 amide bonds. The molecule has 0 atom stereocenters. The summed E-state index contributed by atoms with van der Waals surface area (Å²) in [6.07, 6.45) is 0.732. The maximum Gasteiger partial charge on any atom is 0.338 e. The molecule has 0 saturated heterocycles. The zero-order valence-corrected chi connectivity index (χ0v) is 12.2. The van der Waals surface area contributed by atoms with Gasteiger partial charge in [0.15, 0.2) is 0 Å². The Kier molecular flexibility index (Phi) is 4.23. The summed E-state index contributed by atoms with van der Waals surface area (Å²) < 4.78 is 5.46. The highest BCUT2D eigenvalue weighted by Crippen LogP contribution is 2.18. The van der Waals surface area contributed by atoms with Crippen LogP contribution in [0.4, 0.5) is 0 Å². The third-order valence-electron chi connectivity index (χ3n) is 2.87. The number of esters is 1. The van der Waals surface area contributed by atoms with E-state index in [9.17, 15) is 4.79 Å². The fraction of sp³-hybridized carbons (Fsp3) is 0.278. The summed E-state index contributed by atoms with van der Waals surface area (Å²) in [6.45, 7) is 5.64. The van der Waals surface area contributed by atoms with Gasteiger partial charge in [-0.05, 0) is 44.4 Å². The molecule has 0 radical (unpaired) electrons. The molecule has 0 fully saturated rings. The smallest absolute Gasteiger partial charge is 0.338 e. The highest BCUT2D eigenvalue weighted by molar-refractivity contribution is 5.91. The summed E-state index contributed by atoms with van der Waals surface area (Å²) in [5.74, 6) is -0.260. The van der Waals surface area contributed by atoms with E-state index < -0.39 is 5.60 Å². The summed E-state index contributed by atoms with van der Waals surface area (Å²) >= 11 is 0. The molecule has 2 heteroatoms. The number of rotatable bonds is 3. The zero-order chi connectivity index (χ0) is 14.6. The van der Waals surface area contributed by atoms with Gasteiger partial charge in [-0.15, -0.1) is 0 Å². The van der Waals surface area contributed by atoms with Crippen molar-refractivity contribution in [3.63, 3.8) is 0 Å². The van der Waals surface area contributed by atoms with Crippen molar-refractivity contribution in [3.8, 4) is 0 Å². The van der Waals surface area contributed by atoms with E-state index in [0.29, 0.717) is 5.56 Å². The van der Waals surface area contributed by atoms with E-state index in [2.05, 4.69) is 12.1 Å². The topological polar surface area (TPSA) is 26.3 Å². The van der Waals surface area contributed by atoms with Crippen molar-refractivity contribution in [3.05, 3.63) is 71.3 Å². The van der Waals surface area contributed by atoms with E-state index in [1.54, 1.807) is 0 Å². The average Bonchev–Trinajstić information content (AvgIpc) is 2.38. The summed E-state index contributed by atoms with van der Waals surface area (Å²) in [7, 11) is 0. The Hall–Kier alpha value is -2.09. The molecule has 0 aliphatic carbocycles. The van der Waals surface area contributed by atoms with Crippen LogP contribution < -0.4 is 0 Å². The largest absolute Gasteiger partial charge is 0.456 e. The van der Waals surface area contributed by atoms with Crippen LogP contribution in [0, 0.1) is 0 Å². The number of hydrogen-bond acceptors (Lipinski definition) is 2. The minimum absolute atomic E-state index is 0.260. The van der Waals surface area contributed by atoms with Crippen LogP contribution in [0.5, 0.6) is 0 Å². The lowest BCUT2D eigenvalue weighted by Gasteiger charge is -2.20. The van der Waals surface area contributed by atoms with Gasteiger partial charge < -0.3 is 4.74 Å². The first-order valence-electron chi connectivity index (χ1n) is 6.81. The van der Waals surface area contributed by atoms with Gasteiger partial charge in [-0.1, -0.05) is 48.5 Å². The zero-order valence-electron chi connectivity index (χ0n) is 12.2. The molecular formula is C18H20O2. The predicted octanol–water partition coefficient (Wildman–Crippen LogP) is 4.23. The van der Waals surface area contributed by atoms with Crippen molar-refractivity contribution in [2.45, 2.75) is 32.8 Å². The first kappa shape index (κ1) is 14.3. The predicted molar refractivity (Wildman–Crippen MR) is 80.9 cm³/mol. The third-order valence-corrected chi connectivity index (χ3v) is 2.87. The fourth-order valence-corrected chi connectivity index (χ4v) is 2.02. The molecule has 0 aromatic heterocycles. The number of carbonyl (C=O) groups is 1. The monoisotopic (exact) mass is 268 g/mol. The van der Waals surface area contributed by atoms with Crippen molar-refractivity contribution in [1.82, 2.24) is 0 Å². The molecule has 0 heterocycles. The number of hydrogen-bond donors (Lipinski definition) is 0. The molecule has 0 bridgehead atoms. The van der Waals surface area contributed by atoms with E-state index in [-0.39, 0.29) is 5.97 Å². The number of carbonyl (C=O) groups excluding carboxylic acids is 1. The van der Waals surface area contributed by atoms with Crippen LogP contribution in [0.2, 0.25) is 0 Å². The molecule has 2 aromatic rings. The first-order valence-corrected chi connectivity index (χ1v) is 6.81. The van der Waals surface area contributed by atoms with Gasteiger partial charge in [0.1, 0.15) is 5.60 Å². The highest BCUT2D eigenvalue weighted by atomic mass is 16.6. The second kappa shape index (κ2) is 5.91. The van der Waals surface area contributed by atoms with Gasteiger partial charge in [0.2, 0.25) is 0 Å². The lowest BCUT2D eigenvalue weighted by Crippen LogP contribution is -2.24. The number of benzene rings is 2. The Morgan fingerprint density at radius 2 is 1.55 bits per heavy atom. The van der Waals surface area contributed by atoms with Crippen molar-refractivity contribution < 1.29 is 9.53 Å². The van der Waals surface area contributed by atoms with Crippen LogP contribution >= 0.6 is 0 Å². The molecule has 0 saturated carbocycles. The Morgan fingerprint density at radius 1 is 0.950 bits per heavy atom. The second-order valence-corrected chi connectivity index (χ2v) is 5.82. The van der Waals surface area contributed by atoms with Gasteiger partial charge in [0.05, 0.1) is 5.56 Å². The van der Waals surface area contributed by atoms with Gasteiger partial charge >= 0.3 is 5.97 Å². The summed E-state index contributed by atoms with van der Waals surface area (Å²) in [4.78, 5) is 12.2. The molecule has 2 rings (SSSR count). The molecule has 104 valence electrons. The lowest BCUT2D eigenvalue weighted by molar-refractivity contribution is 0.00685. The maximum absolute atomic E-state index is 12.2. The molecule has 0 aliphatic heterocycles. The minimum Gasteiger partial charge on any atom is -0.456 e. The minimum atomic E-state index is -0.475. The molecule has 0 aliphatic rings. The Morgan fingerprint density at radius 3 is 2.20 bits per heavy atom. The van der Waals surface area contributed by atoms with Crippen LogP contribution in [0.3, 0.4) is 0 Å². The number of ether oxygens (including phenoxy) is 1. The van der Waals surface area contributed by atoms with E-state index in [0.717, 1.165) is 12.0 Å². The normalized spacial score (nSPS) is 11.2. The van der Waals surface area contributed by atoms with Crippen molar-refractivity contribution in [2.75, 3.05) is 0 Å². The van der Waals surface area contributed by atoms with E-state index >= 15 is 0 Å². The summed E-state index contributed by atoms with van der Waals surface area (Å²) in [6, 6.07) is 17.7. The molecular weight excluding hydrogens is 248 g/mol. The standard InChI is InChI=1S/C18H20O2/c1-18(2,3)20-17(19)16-12-8-7-11-15(16)13-14-9-5-4-6-10-14/h4-12H,13H2,1-3H3. The first-order chi connectivity index (χ1) is 9.46. The average molecular weight is 268 g/mol. The van der Waals surface area contributed by atoms with Crippen LogP contribution in [0.1, 0.15) is 42.3 Å². The van der Waals surface area contributed by atoms with Gasteiger partial charge in [-0.2, -0.15) is 0 Å². The molecule has 2 nitrogen and oxygen atoms in total. The van der Waals surface area contributed by atoms with Gasteiger partial charge in [-0.3, -0.25) is 0 Å². The van der Waals surface area contributed by atoms with Crippen molar-refractivity contribution in [2.24, 2.45) is 0 Å². The van der Waals surface area contributed by atoms with Crippen LogP contribution in [-0.2, 0) is 11.2 Å². The van der Waals surface area contributed by atoms with Gasteiger partial charge in [-0.25, -0.2) is 4.79 Å². The SMILES string of the molecule is CC(C)(C)OC(=O)c1ccccc1Cc1ccccc1. The molecule has 20 heavy (non-hydrogen) atoms. The van der Waals surface area contributed by atoms with Gasteiger partial charge in [0.25, 0.3) is 0 Å².